The van der Waals surface area contributed by atoms with Crippen LogP contribution in [0, 0.1) is 0 Å². The molecule has 0 atom stereocenters. The summed E-state index contributed by atoms with van der Waals surface area (Å²) in [6, 6.07) is 8.56. The van der Waals surface area contributed by atoms with E-state index in [0.29, 0.717) is 0 Å². The van der Waals surface area contributed by atoms with E-state index in [1.54, 1.807) is 0 Å². The van der Waals surface area contributed by atoms with Crippen LogP contribution in [0.15, 0.2) is 28.7 Å². The lowest BCUT2D eigenvalue weighted by atomic mass is 9.84. The summed E-state index contributed by atoms with van der Waals surface area (Å²) in [6.07, 6.45) is 0. The fraction of sp³-hybridized carbons (Fsp3) is 0.571. The van der Waals surface area contributed by atoms with Crippen molar-refractivity contribution in [2.24, 2.45) is 0 Å². The highest BCUT2D eigenvalue weighted by Crippen LogP contribution is 2.24. The van der Waals surface area contributed by atoms with E-state index in [0.717, 1.165) is 30.7 Å². The van der Waals surface area contributed by atoms with Gasteiger partial charge in [-0.3, -0.25) is 0 Å². The molecule has 0 fully saturated rings. The zero-order valence-electron chi connectivity index (χ0n) is 11.0. The Morgan fingerprint density at radius 1 is 1.18 bits per heavy atom. The van der Waals surface area contributed by atoms with E-state index in [1.807, 2.05) is 0 Å². The first kappa shape index (κ1) is 14.7. The van der Waals surface area contributed by atoms with E-state index >= 15 is 0 Å². The molecule has 2 N–H and O–H groups in total. The summed E-state index contributed by atoms with van der Waals surface area (Å²) in [6.45, 7) is 10.8. The minimum absolute atomic E-state index is 0.163. The van der Waals surface area contributed by atoms with Gasteiger partial charge in [0, 0.05) is 29.5 Å². The van der Waals surface area contributed by atoms with Crippen molar-refractivity contribution in [1.29, 1.82) is 0 Å². The Balaban J connectivity index is 2.45. The first-order chi connectivity index (χ1) is 8.06. The van der Waals surface area contributed by atoms with Gasteiger partial charge >= 0.3 is 0 Å². The normalized spacial score (nSPS) is 11.8. The van der Waals surface area contributed by atoms with Crippen LogP contribution >= 0.6 is 15.9 Å². The lowest BCUT2D eigenvalue weighted by Gasteiger charge is -2.26. The average molecular weight is 299 g/mol. The molecular formula is C14H23BrN2. The molecule has 0 aliphatic carbocycles. The molecule has 0 radical (unpaired) electrons. The number of nitrogens with one attached hydrogen (secondary N) is 2. The van der Waals surface area contributed by atoms with E-state index in [9.17, 15) is 0 Å². The molecule has 0 bridgehead atoms. The van der Waals surface area contributed by atoms with Crippen molar-refractivity contribution in [3.63, 3.8) is 0 Å². The zero-order valence-corrected chi connectivity index (χ0v) is 12.6. The summed E-state index contributed by atoms with van der Waals surface area (Å²) in [5, 5.41) is 6.81. The predicted octanol–water partition coefficient (Wildman–Crippen LogP) is 2.93. The maximum atomic E-state index is 3.53. The molecule has 1 aromatic rings. The summed E-state index contributed by atoms with van der Waals surface area (Å²) in [5.74, 6) is 0. The average Bonchev–Trinajstić information content (AvgIpc) is 2.29. The lowest BCUT2D eigenvalue weighted by molar-refractivity contribution is 0.466. The van der Waals surface area contributed by atoms with Gasteiger partial charge in [0.2, 0.25) is 0 Å². The van der Waals surface area contributed by atoms with Crippen LogP contribution in [0.3, 0.4) is 0 Å². The van der Waals surface area contributed by atoms with Crippen LogP contribution in [0.2, 0.25) is 0 Å². The molecule has 2 nitrogen and oxygen atoms in total. The Hall–Kier alpha value is -0.380. The third-order valence-corrected chi connectivity index (χ3v) is 3.39. The van der Waals surface area contributed by atoms with Crippen molar-refractivity contribution in [2.45, 2.75) is 26.2 Å². The maximum absolute atomic E-state index is 3.53. The number of hydrogen-bond donors (Lipinski definition) is 2. The standard InChI is InChI=1S/C14H23BrN2/c1-4-16-8-9-17-11-14(2,3)12-6-5-7-13(15)10-12/h5-7,10,16-17H,4,8-9,11H2,1-3H3. The smallest absolute Gasteiger partial charge is 0.0178 e. The minimum atomic E-state index is 0.163. The highest BCUT2D eigenvalue weighted by Gasteiger charge is 2.19. The van der Waals surface area contributed by atoms with Gasteiger partial charge in [0.05, 0.1) is 0 Å². The molecule has 0 aromatic heterocycles. The van der Waals surface area contributed by atoms with Crippen LogP contribution in [0.25, 0.3) is 0 Å². The molecule has 0 unspecified atom stereocenters. The molecule has 0 amide bonds. The molecule has 96 valence electrons. The van der Waals surface area contributed by atoms with Crippen LogP contribution in [0.1, 0.15) is 26.3 Å². The maximum Gasteiger partial charge on any atom is 0.0178 e. The third kappa shape index (κ3) is 5.19. The number of benzene rings is 1. The molecule has 0 aliphatic heterocycles. The van der Waals surface area contributed by atoms with Crippen molar-refractivity contribution in [3.8, 4) is 0 Å². The fourth-order valence-corrected chi connectivity index (χ4v) is 2.17. The van der Waals surface area contributed by atoms with Crippen molar-refractivity contribution < 1.29 is 0 Å². The Morgan fingerprint density at radius 2 is 1.88 bits per heavy atom. The van der Waals surface area contributed by atoms with Crippen LogP contribution in [-0.4, -0.2) is 26.2 Å². The summed E-state index contributed by atoms with van der Waals surface area (Å²) >= 11 is 3.53. The summed E-state index contributed by atoms with van der Waals surface area (Å²) in [5.41, 5.74) is 1.53. The van der Waals surface area contributed by atoms with E-state index in [-0.39, 0.29) is 5.41 Å². The molecule has 3 heteroatoms. The van der Waals surface area contributed by atoms with Gasteiger partial charge in [0.15, 0.2) is 0 Å². The zero-order chi connectivity index (χ0) is 12.7. The Kier molecular flexibility index (Phi) is 6.17. The highest BCUT2D eigenvalue weighted by molar-refractivity contribution is 9.10. The first-order valence-electron chi connectivity index (χ1n) is 6.24. The first-order valence-corrected chi connectivity index (χ1v) is 7.03. The number of hydrogen-bond acceptors (Lipinski definition) is 2. The van der Waals surface area contributed by atoms with Gasteiger partial charge in [-0.15, -0.1) is 0 Å². The van der Waals surface area contributed by atoms with Crippen LogP contribution in [0.5, 0.6) is 0 Å². The molecule has 0 aliphatic rings. The topological polar surface area (TPSA) is 24.1 Å². The molecule has 0 heterocycles. The van der Waals surface area contributed by atoms with E-state index in [2.05, 4.69) is 71.6 Å². The second-order valence-corrected chi connectivity index (χ2v) is 5.84. The summed E-state index contributed by atoms with van der Waals surface area (Å²) < 4.78 is 1.15. The largest absolute Gasteiger partial charge is 0.316 e. The number of halogens is 1. The Labute approximate surface area is 113 Å². The molecule has 1 rings (SSSR count). The Morgan fingerprint density at radius 3 is 2.53 bits per heavy atom. The van der Waals surface area contributed by atoms with E-state index in [1.165, 1.54) is 5.56 Å². The monoisotopic (exact) mass is 298 g/mol. The third-order valence-electron chi connectivity index (χ3n) is 2.90. The van der Waals surface area contributed by atoms with Crippen molar-refractivity contribution in [3.05, 3.63) is 34.3 Å². The van der Waals surface area contributed by atoms with Crippen LogP contribution in [-0.2, 0) is 5.41 Å². The van der Waals surface area contributed by atoms with Crippen LogP contribution < -0.4 is 10.6 Å². The quantitative estimate of drug-likeness (QED) is 0.757. The van der Waals surface area contributed by atoms with Crippen molar-refractivity contribution in [2.75, 3.05) is 26.2 Å². The number of likely N-dealkylation sites (N-methyl/N-ethyl adjacent to an activating group) is 1. The second-order valence-electron chi connectivity index (χ2n) is 4.92. The molecule has 1 aromatic carbocycles. The highest BCUT2D eigenvalue weighted by atomic mass is 79.9. The van der Waals surface area contributed by atoms with E-state index < -0.39 is 0 Å². The van der Waals surface area contributed by atoms with Gasteiger partial charge < -0.3 is 10.6 Å². The SMILES string of the molecule is CCNCCNCC(C)(C)c1cccc(Br)c1. The summed E-state index contributed by atoms with van der Waals surface area (Å²) in [4.78, 5) is 0. The molecule has 17 heavy (non-hydrogen) atoms. The molecule has 0 saturated heterocycles. The van der Waals surface area contributed by atoms with Gasteiger partial charge in [0.25, 0.3) is 0 Å². The molecule has 0 saturated carbocycles. The van der Waals surface area contributed by atoms with Gasteiger partial charge in [-0.05, 0) is 24.2 Å². The lowest BCUT2D eigenvalue weighted by Crippen LogP contribution is -2.36. The van der Waals surface area contributed by atoms with Gasteiger partial charge in [0.1, 0.15) is 0 Å². The second kappa shape index (κ2) is 7.14. The van der Waals surface area contributed by atoms with Gasteiger partial charge in [-0.2, -0.15) is 0 Å². The van der Waals surface area contributed by atoms with Crippen LogP contribution in [0.4, 0.5) is 0 Å². The fourth-order valence-electron chi connectivity index (χ4n) is 1.77. The molecular weight excluding hydrogens is 276 g/mol. The van der Waals surface area contributed by atoms with Gasteiger partial charge in [-0.25, -0.2) is 0 Å². The number of rotatable bonds is 7. The molecule has 0 spiro atoms. The Bertz CT molecular complexity index is 337. The minimum Gasteiger partial charge on any atom is -0.316 e. The van der Waals surface area contributed by atoms with E-state index in [4.69, 9.17) is 0 Å². The predicted molar refractivity (Wildman–Crippen MR) is 78.6 cm³/mol. The van der Waals surface area contributed by atoms with Gasteiger partial charge in [-0.1, -0.05) is 48.8 Å². The summed E-state index contributed by atoms with van der Waals surface area (Å²) in [7, 11) is 0. The van der Waals surface area contributed by atoms with Crippen molar-refractivity contribution >= 4 is 15.9 Å². The van der Waals surface area contributed by atoms with Crippen molar-refractivity contribution in [1.82, 2.24) is 10.6 Å².